The van der Waals surface area contributed by atoms with Gasteiger partial charge in [-0.2, -0.15) is 0 Å². The number of methoxy groups -OCH3 is 1. The SMILES string of the molecule is COC(C)Oc1cnc2c(n1)C(N)=NCN2c1cccc(Br)c1. The molecule has 0 saturated heterocycles. The molecule has 0 fully saturated rings. The topological polar surface area (TPSA) is 85.9 Å². The number of nitrogens with zero attached hydrogens (tertiary/aromatic N) is 4. The second-order valence-corrected chi connectivity index (χ2v) is 5.81. The van der Waals surface area contributed by atoms with Gasteiger partial charge in [-0.05, 0) is 25.1 Å². The molecule has 0 bridgehead atoms. The van der Waals surface area contributed by atoms with Crippen LogP contribution in [0, 0.1) is 0 Å². The lowest BCUT2D eigenvalue weighted by Crippen LogP contribution is -2.31. The molecule has 8 heteroatoms. The molecule has 23 heavy (non-hydrogen) atoms. The summed E-state index contributed by atoms with van der Waals surface area (Å²) < 4.78 is 11.5. The van der Waals surface area contributed by atoms with Crippen molar-refractivity contribution >= 4 is 33.3 Å². The molecule has 0 radical (unpaired) electrons. The lowest BCUT2D eigenvalue weighted by Gasteiger charge is -2.27. The second-order valence-electron chi connectivity index (χ2n) is 4.89. The standard InChI is InChI=1S/C15H16BrN5O2/c1-9(22-2)23-12-7-18-15-13(20-12)14(17)19-8-21(15)11-5-3-4-10(16)6-11/h3-7,9H,8H2,1-2H3,(H2,17,19). The van der Waals surface area contributed by atoms with Gasteiger partial charge in [-0.1, -0.05) is 22.0 Å². The van der Waals surface area contributed by atoms with Gasteiger partial charge in [0.1, 0.15) is 6.67 Å². The molecule has 1 aliphatic heterocycles. The highest BCUT2D eigenvalue weighted by Crippen LogP contribution is 2.31. The number of amidine groups is 1. The Labute approximate surface area is 142 Å². The lowest BCUT2D eigenvalue weighted by molar-refractivity contribution is -0.0412. The smallest absolute Gasteiger partial charge is 0.235 e. The van der Waals surface area contributed by atoms with Crippen LogP contribution in [0.1, 0.15) is 12.6 Å². The molecule has 1 atom stereocenters. The van der Waals surface area contributed by atoms with Gasteiger partial charge in [0.2, 0.25) is 5.88 Å². The number of benzene rings is 1. The van der Waals surface area contributed by atoms with E-state index in [-0.39, 0.29) is 0 Å². The Balaban J connectivity index is 1.98. The molecular weight excluding hydrogens is 362 g/mol. The molecule has 2 heterocycles. The van der Waals surface area contributed by atoms with E-state index in [1.807, 2.05) is 29.2 Å². The third kappa shape index (κ3) is 3.27. The molecule has 0 amide bonds. The van der Waals surface area contributed by atoms with E-state index in [4.69, 9.17) is 15.2 Å². The van der Waals surface area contributed by atoms with Crippen LogP contribution < -0.4 is 15.4 Å². The summed E-state index contributed by atoms with van der Waals surface area (Å²) in [6.07, 6.45) is 1.13. The van der Waals surface area contributed by atoms with Crippen molar-refractivity contribution in [2.45, 2.75) is 13.2 Å². The summed E-state index contributed by atoms with van der Waals surface area (Å²) in [6, 6.07) is 7.87. The normalized spacial score (nSPS) is 14.9. The molecular formula is C15H16BrN5O2. The molecule has 1 aliphatic rings. The first-order valence-corrected chi connectivity index (χ1v) is 7.77. The number of halogens is 1. The van der Waals surface area contributed by atoms with E-state index in [1.165, 1.54) is 0 Å². The van der Waals surface area contributed by atoms with Gasteiger partial charge in [0.05, 0.1) is 6.20 Å². The van der Waals surface area contributed by atoms with Gasteiger partial charge in [0, 0.05) is 17.3 Å². The number of aromatic nitrogens is 2. The molecule has 3 rings (SSSR count). The Morgan fingerprint density at radius 2 is 2.22 bits per heavy atom. The number of rotatable bonds is 4. The van der Waals surface area contributed by atoms with E-state index < -0.39 is 6.29 Å². The minimum absolute atomic E-state index is 0.340. The maximum absolute atomic E-state index is 5.97. The first-order chi connectivity index (χ1) is 11.1. The Kier molecular flexibility index (Phi) is 4.44. The molecule has 120 valence electrons. The Morgan fingerprint density at radius 3 is 2.96 bits per heavy atom. The summed E-state index contributed by atoms with van der Waals surface area (Å²) in [5.41, 5.74) is 7.42. The summed E-state index contributed by atoms with van der Waals surface area (Å²) in [7, 11) is 1.56. The van der Waals surface area contributed by atoms with Crippen LogP contribution in [0.3, 0.4) is 0 Å². The number of nitrogens with two attached hydrogens (primary N) is 1. The van der Waals surface area contributed by atoms with Gasteiger partial charge in [0.15, 0.2) is 23.6 Å². The van der Waals surface area contributed by atoms with E-state index >= 15 is 0 Å². The van der Waals surface area contributed by atoms with Crippen LogP contribution in [0.25, 0.3) is 0 Å². The van der Waals surface area contributed by atoms with Crippen molar-refractivity contribution in [2.75, 3.05) is 18.7 Å². The number of hydrogen-bond acceptors (Lipinski definition) is 7. The zero-order valence-corrected chi connectivity index (χ0v) is 14.3. The van der Waals surface area contributed by atoms with E-state index in [2.05, 4.69) is 30.9 Å². The minimum Gasteiger partial charge on any atom is -0.447 e. The van der Waals surface area contributed by atoms with Crippen molar-refractivity contribution in [3.63, 3.8) is 0 Å². The molecule has 7 nitrogen and oxygen atoms in total. The van der Waals surface area contributed by atoms with Crippen LogP contribution in [-0.2, 0) is 4.74 Å². The predicted molar refractivity (Wildman–Crippen MR) is 91.0 cm³/mol. The monoisotopic (exact) mass is 377 g/mol. The largest absolute Gasteiger partial charge is 0.447 e. The number of anilines is 2. The predicted octanol–water partition coefficient (Wildman–Crippen LogP) is 2.42. The summed E-state index contributed by atoms with van der Waals surface area (Å²) in [6.45, 7) is 2.16. The van der Waals surface area contributed by atoms with Crippen molar-refractivity contribution in [1.82, 2.24) is 9.97 Å². The fourth-order valence-corrected chi connectivity index (χ4v) is 2.53. The second kappa shape index (κ2) is 6.51. The lowest BCUT2D eigenvalue weighted by atomic mass is 10.2. The van der Waals surface area contributed by atoms with Crippen LogP contribution in [0.4, 0.5) is 11.5 Å². The number of aliphatic imine (C=N–C) groups is 1. The van der Waals surface area contributed by atoms with E-state index in [1.54, 1.807) is 20.2 Å². The highest BCUT2D eigenvalue weighted by atomic mass is 79.9. The van der Waals surface area contributed by atoms with Gasteiger partial charge in [0.25, 0.3) is 0 Å². The number of hydrogen-bond donors (Lipinski definition) is 1. The van der Waals surface area contributed by atoms with Crippen LogP contribution in [0.15, 0.2) is 39.9 Å². The molecule has 0 saturated carbocycles. The van der Waals surface area contributed by atoms with Crippen LogP contribution in [0.5, 0.6) is 5.88 Å². The van der Waals surface area contributed by atoms with Crippen LogP contribution in [-0.4, -0.2) is 35.9 Å². The van der Waals surface area contributed by atoms with Crippen molar-refractivity contribution in [3.05, 3.63) is 40.6 Å². The number of ether oxygens (including phenoxy) is 2. The fourth-order valence-electron chi connectivity index (χ4n) is 2.15. The van der Waals surface area contributed by atoms with Crippen molar-refractivity contribution in [2.24, 2.45) is 10.7 Å². The third-order valence-electron chi connectivity index (χ3n) is 3.35. The number of fused-ring (bicyclic) bond motifs is 1. The minimum atomic E-state index is -0.426. The van der Waals surface area contributed by atoms with Crippen LogP contribution in [0.2, 0.25) is 0 Å². The highest BCUT2D eigenvalue weighted by Gasteiger charge is 2.24. The maximum atomic E-state index is 5.97. The highest BCUT2D eigenvalue weighted by molar-refractivity contribution is 9.10. The zero-order valence-electron chi connectivity index (χ0n) is 12.7. The van der Waals surface area contributed by atoms with Crippen molar-refractivity contribution in [1.29, 1.82) is 0 Å². The molecule has 2 aromatic rings. The van der Waals surface area contributed by atoms with Gasteiger partial charge in [-0.15, -0.1) is 0 Å². The van der Waals surface area contributed by atoms with Gasteiger partial charge < -0.3 is 20.1 Å². The summed E-state index contributed by atoms with van der Waals surface area (Å²) in [5.74, 6) is 1.33. The summed E-state index contributed by atoms with van der Waals surface area (Å²) >= 11 is 3.47. The Hall–Kier alpha value is -2.19. The maximum Gasteiger partial charge on any atom is 0.235 e. The van der Waals surface area contributed by atoms with Crippen molar-refractivity contribution in [3.8, 4) is 5.88 Å². The van der Waals surface area contributed by atoms with Gasteiger partial charge in [-0.25, -0.2) is 15.0 Å². The average molecular weight is 378 g/mol. The van der Waals surface area contributed by atoms with Gasteiger partial charge >= 0.3 is 0 Å². The Morgan fingerprint density at radius 1 is 1.39 bits per heavy atom. The van der Waals surface area contributed by atoms with Crippen LogP contribution >= 0.6 is 15.9 Å². The van der Waals surface area contributed by atoms with Crippen molar-refractivity contribution < 1.29 is 9.47 Å². The first kappa shape index (κ1) is 15.7. The van der Waals surface area contributed by atoms with E-state index in [9.17, 15) is 0 Å². The Bertz CT molecular complexity index is 752. The third-order valence-corrected chi connectivity index (χ3v) is 3.84. The van der Waals surface area contributed by atoms with E-state index in [0.29, 0.717) is 29.9 Å². The molecule has 0 spiro atoms. The average Bonchev–Trinajstić information content (AvgIpc) is 2.55. The molecule has 1 aromatic heterocycles. The quantitative estimate of drug-likeness (QED) is 0.823. The molecule has 2 N–H and O–H groups in total. The van der Waals surface area contributed by atoms with E-state index in [0.717, 1.165) is 10.2 Å². The fraction of sp³-hybridized carbons (Fsp3) is 0.267. The zero-order chi connectivity index (χ0) is 16.4. The summed E-state index contributed by atoms with van der Waals surface area (Å²) in [5, 5.41) is 0. The summed E-state index contributed by atoms with van der Waals surface area (Å²) in [4.78, 5) is 15.1. The molecule has 1 aromatic carbocycles. The van der Waals surface area contributed by atoms with Gasteiger partial charge in [-0.3, -0.25) is 0 Å². The first-order valence-electron chi connectivity index (χ1n) is 6.98. The molecule has 1 unspecified atom stereocenters. The molecule has 0 aliphatic carbocycles.